The van der Waals surface area contributed by atoms with Gasteiger partial charge in [0.1, 0.15) is 0 Å². The monoisotopic (exact) mass is 482 g/mol. The van der Waals surface area contributed by atoms with Crippen molar-refractivity contribution in [3.8, 4) is 0 Å². The maximum atomic E-state index is 12.5. The first-order valence-electron chi connectivity index (χ1n) is 10.0. The molecule has 1 aliphatic heterocycles. The molecule has 0 aromatic heterocycles. The van der Waals surface area contributed by atoms with Crippen LogP contribution >= 0.6 is 11.6 Å². The third-order valence-electron chi connectivity index (χ3n) is 4.79. The lowest BCUT2D eigenvalue weighted by Crippen LogP contribution is -2.52. The topological polar surface area (TPSA) is 168 Å². The summed E-state index contributed by atoms with van der Waals surface area (Å²) in [6, 6.07) is 4.85. The highest BCUT2D eigenvalue weighted by atomic mass is 35.5. The van der Waals surface area contributed by atoms with Crippen LogP contribution in [0.1, 0.15) is 42.6 Å². The second-order valence-electron chi connectivity index (χ2n) is 8.06. The number of carbonyl (C=O) groups is 5. The van der Waals surface area contributed by atoms with Gasteiger partial charge in [-0.2, -0.15) is 0 Å². The van der Waals surface area contributed by atoms with Crippen molar-refractivity contribution in [1.29, 1.82) is 0 Å². The smallest absolute Gasteiger partial charge is 0.506 e. The van der Waals surface area contributed by atoms with Crippen LogP contribution < -0.4 is 10.6 Å². The second-order valence-corrected chi connectivity index (χ2v) is 8.47. The van der Waals surface area contributed by atoms with Crippen molar-refractivity contribution < 1.29 is 43.5 Å². The van der Waals surface area contributed by atoms with Crippen LogP contribution in [0.25, 0.3) is 0 Å². The summed E-state index contributed by atoms with van der Waals surface area (Å²) in [5.41, 5.74) is -1.72. The van der Waals surface area contributed by atoms with Gasteiger partial charge in [-0.1, -0.05) is 37.1 Å². The highest BCUT2D eigenvalue weighted by Gasteiger charge is 2.62. The summed E-state index contributed by atoms with van der Waals surface area (Å²) in [6.45, 7) is 4.94. The minimum absolute atomic E-state index is 0.0439. The number of halogens is 1. The van der Waals surface area contributed by atoms with E-state index in [1.165, 1.54) is 0 Å². The van der Waals surface area contributed by atoms with Gasteiger partial charge >= 0.3 is 25.0 Å². The van der Waals surface area contributed by atoms with Gasteiger partial charge in [0.2, 0.25) is 5.91 Å². The summed E-state index contributed by atoms with van der Waals surface area (Å²) < 4.78 is 10.3. The quantitative estimate of drug-likeness (QED) is 0.278. The molecule has 0 bridgehead atoms. The summed E-state index contributed by atoms with van der Waals surface area (Å²) in [5.74, 6) is -7.02. The van der Waals surface area contributed by atoms with Gasteiger partial charge in [-0.3, -0.25) is 14.4 Å². The van der Waals surface area contributed by atoms with E-state index in [2.05, 4.69) is 10.6 Å². The molecule has 1 aromatic carbocycles. The van der Waals surface area contributed by atoms with Crippen molar-refractivity contribution in [3.05, 3.63) is 34.3 Å². The summed E-state index contributed by atoms with van der Waals surface area (Å²) in [5, 5.41) is 23.6. The average Bonchev–Trinajstić information content (AvgIpc) is 3.04. The van der Waals surface area contributed by atoms with Gasteiger partial charge in [-0.05, 0) is 31.4 Å². The third-order valence-corrected chi connectivity index (χ3v) is 5.12. The van der Waals surface area contributed by atoms with E-state index in [4.69, 9.17) is 26.0 Å². The van der Waals surface area contributed by atoms with Crippen molar-refractivity contribution in [3.63, 3.8) is 0 Å². The van der Waals surface area contributed by atoms with Gasteiger partial charge in [0, 0.05) is 0 Å². The second kappa shape index (κ2) is 10.7. The summed E-state index contributed by atoms with van der Waals surface area (Å²) in [4.78, 5) is 59.7. The molecule has 13 heteroatoms. The minimum atomic E-state index is -2.72. The van der Waals surface area contributed by atoms with Gasteiger partial charge in [0.05, 0.1) is 29.5 Å². The predicted octanol–water partition coefficient (Wildman–Crippen LogP) is 0.808. The van der Waals surface area contributed by atoms with Crippen molar-refractivity contribution >= 4 is 48.4 Å². The number of nitrogens with one attached hydrogen (secondary N) is 2. The standard InChI is InChI=1S/C20H24BClN2O9/c1-10(2)6-14(21-32-19(31)20(33-21,18(29)30)8-16(26)27)24-15(25)9-23-17(28)12-7-11(3)4-5-13(12)22/h4-5,7,10,14H,6,8-9H2,1-3H3,(H,23,28)(H,24,25)(H,26,27)(H,29,30)/t14-,20?/m0/s1. The maximum absolute atomic E-state index is 12.5. The molecule has 2 atom stereocenters. The highest BCUT2D eigenvalue weighted by molar-refractivity contribution is 6.53. The molecule has 178 valence electrons. The number of rotatable bonds is 10. The van der Waals surface area contributed by atoms with E-state index in [-0.39, 0.29) is 22.9 Å². The lowest BCUT2D eigenvalue weighted by Gasteiger charge is -2.23. The number of aliphatic carboxylic acids is 2. The Hall–Kier alpha value is -3.12. The Kier molecular flexibility index (Phi) is 8.45. The molecule has 0 saturated carbocycles. The van der Waals surface area contributed by atoms with E-state index in [9.17, 15) is 29.1 Å². The molecule has 4 N–H and O–H groups in total. The van der Waals surface area contributed by atoms with Crippen LogP contribution in [-0.2, 0) is 28.5 Å². The lowest BCUT2D eigenvalue weighted by atomic mass is 9.74. The Morgan fingerprint density at radius 3 is 2.45 bits per heavy atom. The van der Waals surface area contributed by atoms with Crippen LogP contribution in [0.3, 0.4) is 0 Å². The van der Waals surface area contributed by atoms with Crippen LogP contribution in [0.4, 0.5) is 0 Å². The first-order chi connectivity index (χ1) is 15.4. The Morgan fingerprint density at radius 2 is 1.88 bits per heavy atom. The minimum Gasteiger partial charge on any atom is -0.506 e. The first-order valence-corrected chi connectivity index (χ1v) is 10.4. The number of carboxylic acid groups (broad SMARTS) is 2. The zero-order valence-electron chi connectivity index (χ0n) is 18.2. The molecule has 1 fully saturated rings. The van der Waals surface area contributed by atoms with E-state index in [0.29, 0.717) is 0 Å². The van der Waals surface area contributed by atoms with E-state index in [0.717, 1.165) is 5.56 Å². The Bertz CT molecular complexity index is 971. The summed E-state index contributed by atoms with van der Waals surface area (Å²) in [6.07, 6.45) is -0.933. The first kappa shape index (κ1) is 26.1. The Morgan fingerprint density at radius 1 is 1.21 bits per heavy atom. The zero-order valence-corrected chi connectivity index (χ0v) is 19.0. The molecule has 33 heavy (non-hydrogen) atoms. The molecule has 1 heterocycles. The SMILES string of the molecule is Cc1ccc(Cl)c(C(=O)NCC(=O)N[C@@H](CC(C)C)B2OC(=O)C(CC(=O)O)(C(=O)O)O2)c1. The Labute approximate surface area is 194 Å². The van der Waals surface area contributed by atoms with Crippen LogP contribution in [0.5, 0.6) is 0 Å². The fourth-order valence-electron chi connectivity index (χ4n) is 3.25. The van der Waals surface area contributed by atoms with Crippen LogP contribution in [0, 0.1) is 12.8 Å². The highest BCUT2D eigenvalue weighted by Crippen LogP contribution is 2.29. The van der Waals surface area contributed by atoms with Gasteiger partial charge in [0.15, 0.2) is 0 Å². The number of benzene rings is 1. The maximum Gasteiger partial charge on any atom is 0.552 e. The van der Waals surface area contributed by atoms with E-state index < -0.39 is 61.3 Å². The molecule has 2 rings (SSSR count). The largest absolute Gasteiger partial charge is 0.552 e. The molecule has 1 aliphatic rings. The number of hydrogen-bond acceptors (Lipinski definition) is 7. The third kappa shape index (κ3) is 6.45. The number of carboxylic acids is 2. The summed E-state index contributed by atoms with van der Waals surface area (Å²) in [7, 11) is -1.53. The number of carbonyl (C=O) groups excluding carboxylic acids is 3. The molecule has 1 aromatic rings. The zero-order chi connectivity index (χ0) is 24.9. The normalized spacial score (nSPS) is 18.6. The van der Waals surface area contributed by atoms with E-state index in [1.807, 2.05) is 0 Å². The van der Waals surface area contributed by atoms with Gasteiger partial charge < -0.3 is 30.2 Å². The molecule has 0 radical (unpaired) electrons. The Balaban J connectivity index is 2.09. The van der Waals surface area contributed by atoms with Gasteiger partial charge in [-0.25, -0.2) is 9.59 Å². The predicted molar refractivity (Wildman–Crippen MR) is 115 cm³/mol. The van der Waals surface area contributed by atoms with E-state index in [1.54, 1.807) is 39.0 Å². The number of hydrogen-bond donors (Lipinski definition) is 4. The summed E-state index contributed by atoms with van der Waals surface area (Å²) >= 11 is 6.02. The van der Waals surface area contributed by atoms with Crippen LogP contribution in [-0.4, -0.2) is 65.1 Å². The molecule has 1 saturated heterocycles. The van der Waals surface area contributed by atoms with Gasteiger partial charge in [0.25, 0.3) is 11.5 Å². The number of amides is 2. The van der Waals surface area contributed by atoms with Crippen LogP contribution in [0.15, 0.2) is 18.2 Å². The molecule has 1 unspecified atom stereocenters. The molecular formula is C20H24BClN2O9. The molecular weight excluding hydrogens is 458 g/mol. The van der Waals surface area contributed by atoms with Gasteiger partial charge in [-0.15, -0.1) is 0 Å². The molecule has 11 nitrogen and oxygen atoms in total. The lowest BCUT2D eigenvalue weighted by molar-refractivity contribution is -0.168. The van der Waals surface area contributed by atoms with Crippen molar-refractivity contribution in [1.82, 2.24) is 10.6 Å². The molecule has 0 aliphatic carbocycles. The van der Waals surface area contributed by atoms with E-state index >= 15 is 0 Å². The fourth-order valence-corrected chi connectivity index (χ4v) is 3.45. The number of aryl methyl sites for hydroxylation is 1. The molecule has 2 amide bonds. The van der Waals surface area contributed by atoms with Crippen LogP contribution in [0.2, 0.25) is 5.02 Å². The fraction of sp³-hybridized carbons (Fsp3) is 0.450. The van der Waals surface area contributed by atoms with Crippen molar-refractivity contribution in [2.24, 2.45) is 5.92 Å². The van der Waals surface area contributed by atoms with Crippen molar-refractivity contribution in [2.75, 3.05) is 6.54 Å². The van der Waals surface area contributed by atoms with Crippen molar-refractivity contribution in [2.45, 2.75) is 45.2 Å². The average molecular weight is 483 g/mol. The molecule has 0 spiro atoms.